The van der Waals surface area contributed by atoms with E-state index < -0.39 is 11.8 Å². The fourth-order valence-corrected chi connectivity index (χ4v) is 2.41. The van der Waals surface area contributed by atoms with Crippen LogP contribution < -0.4 is 16.2 Å². The number of hydrazine groups is 1. The van der Waals surface area contributed by atoms with E-state index in [2.05, 4.69) is 16.2 Å². The molecule has 3 amide bonds. The second-order valence-electron chi connectivity index (χ2n) is 4.89. The quantitative estimate of drug-likeness (QED) is 0.691. The van der Waals surface area contributed by atoms with Gasteiger partial charge in [0.1, 0.15) is 0 Å². The van der Waals surface area contributed by atoms with Crippen LogP contribution in [-0.2, 0) is 9.59 Å². The lowest BCUT2D eigenvalue weighted by Crippen LogP contribution is -2.42. The lowest BCUT2D eigenvalue weighted by molar-refractivity contribution is -0.119. The molecule has 0 aliphatic heterocycles. The summed E-state index contributed by atoms with van der Waals surface area (Å²) in [7, 11) is 0. The third-order valence-corrected chi connectivity index (χ3v) is 3.76. The van der Waals surface area contributed by atoms with Gasteiger partial charge in [-0.15, -0.1) is 11.8 Å². The van der Waals surface area contributed by atoms with E-state index in [0.29, 0.717) is 0 Å². The molecule has 24 heavy (non-hydrogen) atoms. The van der Waals surface area contributed by atoms with Gasteiger partial charge in [-0.1, -0.05) is 12.1 Å². The van der Waals surface area contributed by atoms with Crippen molar-refractivity contribution in [2.75, 3.05) is 16.8 Å². The molecule has 8 heteroatoms. The summed E-state index contributed by atoms with van der Waals surface area (Å²) >= 11 is 1.14. The largest absolute Gasteiger partial charge is 0.459 e. The van der Waals surface area contributed by atoms with Gasteiger partial charge in [0.2, 0.25) is 11.8 Å². The van der Waals surface area contributed by atoms with E-state index in [4.69, 9.17) is 4.42 Å². The number of rotatable bonds is 6. The molecule has 1 heterocycles. The Morgan fingerprint density at radius 2 is 1.83 bits per heavy atom. The van der Waals surface area contributed by atoms with E-state index in [0.717, 1.165) is 23.0 Å². The average molecular weight is 347 g/mol. The summed E-state index contributed by atoms with van der Waals surface area (Å²) in [5.41, 5.74) is 6.24. The molecule has 1 aromatic heterocycles. The lowest BCUT2D eigenvalue weighted by atomic mass is 10.2. The zero-order valence-electron chi connectivity index (χ0n) is 13.0. The normalized spacial score (nSPS) is 10.0. The van der Waals surface area contributed by atoms with Gasteiger partial charge in [-0.05, 0) is 36.8 Å². The summed E-state index contributed by atoms with van der Waals surface area (Å²) in [5.74, 6) is -0.884. The van der Waals surface area contributed by atoms with Crippen LogP contribution in [0.4, 0.5) is 5.69 Å². The summed E-state index contributed by atoms with van der Waals surface area (Å²) in [6.45, 7) is 1.94. The van der Waals surface area contributed by atoms with Crippen LogP contribution in [0, 0.1) is 6.92 Å². The van der Waals surface area contributed by atoms with E-state index in [-0.39, 0.29) is 23.2 Å². The van der Waals surface area contributed by atoms with Gasteiger partial charge in [-0.2, -0.15) is 0 Å². The number of hydrogen-bond acceptors (Lipinski definition) is 5. The molecule has 0 aliphatic rings. The second kappa shape index (κ2) is 8.78. The highest BCUT2D eigenvalue weighted by molar-refractivity contribution is 8.00. The molecule has 3 N–H and O–H groups in total. The van der Waals surface area contributed by atoms with Crippen molar-refractivity contribution in [1.82, 2.24) is 10.9 Å². The van der Waals surface area contributed by atoms with Crippen LogP contribution in [-0.4, -0.2) is 29.2 Å². The van der Waals surface area contributed by atoms with E-state index in [1.807, 2.05) is 25.1 Å². The molecule has 0 saturated heterocycles. The Kier molecular flexibility index (Phi) is 6.44. The number of benzene rings is 1. The van der Waals surface area contributed by atoms with E-state index >= 15 is 0 Å². The number of anilines is 1. The molecular formula is C16H17N3O4S. The number of thioether (sulfide) groups is 1. The Bertz CT molecular complexity index is 716. The van der Waals surface area contributed by atoms with Crippen molar-refractivity contribution in [1.29, 1.82) is 0 Å². The molecule has 0 spiro atoms. The number of aryl methyl sites for hydroxylation is 1. The summed E-state index contributed by atoms with van der Waals surface area (Å²) in [6.07, 6.45) is 1.36. The van der Waals surface area contributed by atoms with Gasteiger partial charge >= 0.3 is 5.91 Å². The van der Waals surface area contributed by atoms with Crippen molar-refractivity contribution >= 4 is 35.2 Å². The number of carbonyl (C=O) groups is 3. The molecular weight excluding hydrogens is 330 g/mol. The molecule has 0 bridgehead atoms. The maximum absolute atomic E-state index is 11.8. The molecule has 0 unspecified atom stereocenters. The van der Waals surface area contributed by atoms with Crippen molar-refractivity contribution in [2.24, 2.45) is 0 Å². The highest BCUT2D eigenvalue weighted by atomic mass is 32.2. The Hall–Kier alpha value is -2.74. The molecule has 7 nitrogen and oxygen atoms in total. The number of hydrogen-bond donors (Lipinski definition) is 3. The molecule has 0 atom stereocenters. The van der Waals surface area contributed by atoms with Gasteiger partial charge in [0, 0.05) is 5.69 Å². The molecule has 1 aromatic carbocycles. The standard InChI is InChI=1S/C16H17N3O4S/c1-11-4-2-5-12(8-11)17-14(20)9-24-10-15(21)18-19-16(22)13-6-3-7-23-13/h2-8H,9-10H2,1H3,(H,17,20)(H,18,21)(H,19,22). The van der Waals surface area contributed by atoms with Crippen LogP contribution >= 0.6 is 11.8 Å². The predicted molar refractivity (Wildman–Crippen MR) is 91.5 cm³/mol. The van der Waals surface area contributed by atoms with Gasteiger partial charge in [0.15, 0.2) is 5.76 Å². The smallest absolute Gasteiger partial charge is 0.305 e. The summed E-state index contributed by atoms with van der Waals surface area (Å²) < 4.78 is 4.88. The average Bonchev–Trinajstić information content (AvgIpc) is 3.07. The van der Waals surface area contributed by atoms with Crippen LogP contribution in [0.15, 0.2) is 47.1 Å². The second-order valence-corrected chi connectivity index (χ2v) is 5.88. The first-order valence-electron chi connectivity index (χ1n) is 7.11. The number of furan rings is 1. The molecule has 126 valence electrons. The van der Waals surface area contributed by atoms with Crippen molar-refractivity contribution in [3.05, 3.63) is 54.0 Å². The zero-order valence-corrected chi connectivity index (χ0v) is 13.8. The van der Waals surface area contributed by atoms with Crippen molar-refractivity contribution in [2.45, 2.75) is 6.92 Å². The van der Waals surface area contributed by atoms with Crippen LogP contribution in [0.1, 0.15) is 16.1 Å². The minimum absolute atomic E-state index is 0.0413. The number of carbonyl (C=O) groups excluding carboxylic acids is 3. The van der Waals surface area contributed by atoms with Crippen molar-refractivity contribution in [3.8, 4) is 0 Å². The first-order valence-corrected chi connectivity index (χ1v) is 8.27. The molecule has 2 rings (SSSR count). The molecule has 0 radical (unpaired) electrons. The lowest BCUT2D eigenvalue weighted by Gasteiger charge is -2.07. The van der Waals surface area contributed by atoms with Crippen LogP contribution in [0.2, 0.25) is 0 Å². The van der Waals surface area contributed by atoms with Gasteiger partial charge in [-0.3, -0.25) is 25.2 Å². The Labute approximate surface area is 143 Å². The van der Waals surface area contributed by atoms with Crippen molar-refractivity contribution < 1.29 is 18.8 Å². The maximum Gasteiger partial charge on any atom is 0.305 e. The number of nitrogens with one attached hydrogen (secondary N) is 3. The molecule has 0 fully saturated rings. The minimum Gasteiger partial charge on any atom is -0.459 e. The monoisotopic (exact) mass is 347 g/mol. The molecule has 0 aliphatic carbocycles. The third-order valence-electron chi connectivity index (χ3n) is 2.83. The number of amides is 3. The highest BCUT2D eigenvalue weighted by Gasteiger charge is 2.10. The predicted octanol–water partition coefficient (Wildman–Crippen LogP) is 1.72. The van der Waals surface area contributed by atoms with Gasteiger partial charge in [0.05, 0.1) is 17.8 Å². The maximum atomic E-state index is 11.8. The minimum atomic E-state index is -0.546. The van der Waals surface area contributed by atoms with E-state index in [9.17, 15) is 14.4 Å². The van der Waals surface area contributed by atoms with Gasteiger partial charge in [-0.25, -0.2) is 0 Å². The van der Waals surface area contributed by atoms with Gasteiger partial charge in [0.25, 0.3) is 0 Å². The van der Waals surface area contributed by atoms with Crippen LogP contribution in [0.25, 0.3) is 0 Å². The molecule has 2 aromatic rings. The first kappa shape index (κ1) is 17.6. The summed E-state index contributed by atoms with van der Waals surface area (Å²) in [6, 6.07) is 10.5. The SMILES string of the molecule is Cc1cccc(NC(=O)CSCC(=O)NNC(=O)c2ccco2)c1. The molecule has 0 saturated carbocycles. The third kappa shape index (κ3) is 5.81. The Balaban J connectivity index is 1.63. The highest BCUT2D eigenvalue weighted by Crippen LogP contribution is 2.10. The van der Waals surface area contributed by atoms with Crippen LogP contribution in [0.3, 0.4) is 0 Å². The zero-order chi connectivity index (χ0) is 17.4. The van der Waals surface area contributed by atoms with E-state index in [1.54, 1.807) is 12.1 Å². The Morgan fingerprint density at radius 3 is 2.54 bits per heavy atom. The topological polar surface area (TPSA) is 100 Å². The Morgan fingerprint density at radius 1 is 1.04 bits per heavy atom. The fourth-order valence-electron chi connectivity index (χ4n) is 1.79. The van der Waals surface area contributed by atoms with E-state index in [1.165, 1.54) is 12.3 Å². The van der Waals surface area contributed by atoms with Gasteiger partial charge < -0.3 is 9.73 Å². The summed E-state index contributed by atoms with van der Waals surface area (Å²) in [4.78, 5) is 34.9. The summed E-state index contributed by atoms with van der Waals surface area (Å²) in [5, 5.41) is 2.75. The fraction of sp³-hybridized carbons (Fsp3) is 0.188. The van der Waals surface area contributed by atoms with Crippen LogP contribution in [0.5, 0.6) is 0 Å². The first-order chi connectivity index (χ1) is 11.5. The van der Waals surface area contributed by atoms with Crippen molar-refractivity contribution in [3.63, 3.8) is 0 Å².